The summed E-state index contributed by atoms with van der Waals surface area (Å²) >= 11 is 1.88. The Hall–Kier alpha value is -8.76. The number of para-hydroxylation sites is 4. The molecule has 2 heterocycles. The second kappa shape index (κ2) is 16.0. The molecule has 0 saturated heterocycles. The van der Waals surface area contributed by atoms with Crippen molar-refractivity contribution in [3.63, 3.8) is 0 Å². The number of thiophene rings is 1. The minimum atomic E-state index is 1.07. The van der Waals surface area contributed by atoms with Crippen LogP contribution in [0.3, 0.4) is 0 Å². The van der Waals surface area contributed by atoms with Crippen LogP contribution in [0.25, 0.3) is 96.3 Å². The average molecular weight is 895 g/mol. The Kier molecular flexibility index (Phi) is 9.11. The van der Waals surface area contributed by atoms with E-state index in [2.05, 4.69) is 265 Å². The summed E-state index contributed by atoms with van der Waals surface area (Å²) in [7, 11) is 0. The Morgan fingerprint density at radius 3 is 1.49 bits per heavy atom. The molecule has 0 fully saturated rings. The predicted octanol–water partition coefficient (Wildman–Crippen LogP) is 19.5. The quantitative estimate of drug-likeness (QED) is 0.174. The molecule has 0 atom stereocenters. The molecule has 0 spiro atoms. The van der Waals surface area contributed by atoms with Gasteiger partial charge in [0.2, 0.25) is 0 Å². The molecule has 0 aliphatic carbocycles. The fourth-order valence-corrected chi connectivity index (χ4v) is 12.4. The summed E-state index contributed by atoms with van der Waals surface area (Å²) in [5, 5.41) is 14.8. The van der Waals surface area contributed by atoms with Gasteiger partial charge in [-0.3, -0.25) is 0 Å². The van der Waals surface area contributed by atoms with Crippen molar-refractivity contribution in [3.05, 3.63) is 255 Å². The van der Waals surface area contributed by atoms with Gasteiger partial charge in [-0.2, -0.15) is 0 Å². The van der Waals surface area contributed by atoms with Crippen LogP contribution in [-0.4, -0.2) is 0 Å². The number of rotatable bonds is 4. The van der Waals surface area contributed by atoms with Crippen LogP contribution in [0.1, 0.15) is 0 Å². The Labute approximate surface area is 404 Å². The molecule has 1 aromatic heterocycles. The minimum absolute atomic E-state index is 1.07. The van der Waals surface area contributed by atoms with E-state index in [1.807, 2.05) is 11.3 Å². The zero-order valence-corrected chi connectivity index (χ0v) is 38.4. The van der Waals surface area contributed by atoms with Crippen LogP contribution in [-0.2, 0) is 0 Å². The monoisotopic (exact) mass is 894 g/mol. The number of nitrogens with zero attached hydrogens (tertiary/aromatic N) is 2. The molecular formula is C66H42N2S. The van der Waals surface area contributed by atoms with Crippen LogP contribution < -0.4 is 9.80 Å². The van der Waals surface area contributed by atoms with E-state index in [0.717, 1.165) is 34.1 Å². The van der Waals surface area contributed by atoms with Gasteiger partial charge in [0.05, 0.1) is 17.1 Å². The maximum Gasteiger partial charge on any atom is 0.0781 e. The fraction of sp³-hybridized carbons (Fsp3) is 0. The van der Waals surface area contributed by atoms with E-state index < -0.39 is 0 Å². The molecule has 12 aromatic carbocycles. The van der Waals surface area contributed by atoms with Crippen molar-refractivity contribution in [2.24, 2.45) is 0 Å². The van der Waals surface area contributed by atoms with Crippen molar-refractivity contribution < 1.29 is 0 Å². The molecule has 13 aromatic rings. The van der Waals surface area contributed by atoms with E-state index in [1.165, 1.54) is 96.3 Å². The SMILES string of the molecule is c1ccc(N(c2ccc3c(c2)c2ccccc2c2ccccc2c2ccccc2c2c3ccc3sc4ccccc4c32)c2cccc3c2N(c2ccccc2)c2ccccc2-c2ccccc2-3)cc1. The summed E-state index contributed by atoms with van der Waals surface area (Å²) in [5.74, 6) is 0. The van der Waals surface area contributed by atoms with Crippen molar-refractivity contribution in [3.8, 4) is 22.3 Å². The van der Waals surface area contributed by atoms with E-state index in [-0.39, 0.29) is 0 Å². The van der Waals surface area contributed by atoms with Crippen LogP contribution in [0.4, 0.5) is 34.1 Å². The van der Waals surface area contributed by atoms with Gasteiger partial charge in [0.1, 0.15) is 0 Å². The van der Waals surface area contributed by atoms with E-state index in [1.54, 1.807) is 0 Å². The Bertz CT molecular complexity index is 4270. The topological polar surface area (TPSA) is 6.48 Å². The summed E-state index contributed by atoms with van der Waals surface area (Å²) in [6, 6.07) is 94.3. The van der Waals surface area contributed by atoms with Crippen molar-refractivity contribution in [1.29, 1.82) is 0 Å². The first-order valence-electron chi connectivity index (χ1n) is 23.7. The minimum Gasteiger partial charge on any atom is -0.308 e. The summed E-state index contributed by atoms with van der Waals surface area (Å²) in [6.07, 6.45) is 0. The molecule has 14 rings (SSSR count). The molecule has 1 aliphatic heterocycles. The van der Waals surface area contributed by atoms with Gasteiger partial charge in [0.25, 0.3) is 0 Å². The molecule has 2 nitrogen and oxygen atoms in total. The lowest BCUT2D eigenvalue weighted by molar-refractivity contribution is 1.23. The predicted molar refractivity (Wildman–Crippen MR) is 298 cm³/mol. The van der Waals surface area contributed by atoms with Crippen LogP contribution in [0, 0.1) is 0 Å². The molecule has 0 N–H and O–H groups in total. The normalized spacial score (nSPS) is 12.0. The van der Waals surface area contributed by atoms with Crippen LogP contribution in [0.15, 0.2) is 255 Å². The fourth-order valence-electron chi connectivity index (χ4n) is 11.3. The standard InChI is InChI=1S/C66H42N2S/c1-3-20-43(21-4-1)67(61-36-19-34-57-51-29-11-10-27-49(51)54-31-15-17-35-60(54)68(66(57)61)44-22-5-2-6-23-44)45-38-39-53-56-40-41-63-65(58-33-16-18-37-62(58)69-63)64(56)55-32-14-13-28-50(55)47-25-8-7-24-46(47)48-26-9-12-30-52(48)59(53)42-45/h1-42H. The number of fused-ring (bicyclic) bond motifs is 19. The molecule has 1 aliphatic rings. The lowest BCUT2D eigenvalue weighted by Crippen LogP contribution is -2.17. The Balaban J connectivity index is 1.16. The first-order chi connectivity index (χ1) is 34.3. The summed E-state index contributed by atoms with van der Waals surface area (Å²) in [4.78, 5) is 4.96. The highest BCUT2D eigenvalue weighted by Crippen LogP contribution is 2.56. The molecule has 0 saturated carbocycles. The second-order valence-corrected chi connectivity index (χ2v) is 19.0. The maximum atomic E-state index is 2.48. The lowest BCUT2D eigenvalue weighted by Gasteiger charge is -2.34. The highest BCUT2D eigenvalue weighted by atomic mass is 32.1. The maximum absolute atomic E-state index is 2.48. The molecule has 69 heavy (non-hydrogen) atoms. The lowest BCUT2D eigenvalue weighted by atomic mass is 9.92. The van der Waals surface area contributed by atoms with Crippen molar-refractivity contribution in [2.75, 3.05) is 9.80 Å². The van der Waals surface area contributed by atoms with E-state index in [9.17, 15) is 0 Å². The zero-order chi connectivity index (χ0) is 45.4. The smallest absolute Gasteiger partial charge is 0.0781 e. The molecule has 3 heteroatoms. The van der Waals surface area contributed by atoms with Crippen LogP contribution in [0.5, 0.6) is 0 Å². The number of benzene rings is 11. The van der Waals surface area contributed by atoms with Gasteiger partial charge in [-0.15, -0.1) is 11.3 Å². The molecular weight excluding hydrogens is 853 g/mol. The zero-order valence-electron chi connectivity index (χ0n) is 37.6. The van der Waals surface area contributed by atoms with Gasteiger partial charge in [0.15, 0.2) is 0 Å². The van der Waals surface area contributed by atoms with Gasteiger partial charge >= 0.3 is 0 Å². The van der Waals surface area contributed by atoms with E-state index in [4.69, 9.17) is 0 Å². The molecule has 0 unspecified atom stereocenters. The van der Waals surface area contributed by atoms with E-state index in [0.29, 0.717) is 0 Å². The molecule has 322 valence electrons. The molecule has 0 amide bonds. The van der Waals surface area contributed by atoms with Gasteiger partial charge < -0.3 is 9.80 Å². The highest BCUT2D eigenvalue weighted by Gasteiger charge is 2.31. The summed E-state index contributed by atoms with van der Waals surface area (Å²) in [6.45, 7) is 0. The van der Waals surface area contributed by atoms with E-state index >= 15 is 0 Å². The van der Waals surface area contributed by atoms with Crippen molar-refractivity contribution >= 4 is 119 Å². The molecule has 0 radical (unpaired) electrons. The number of hydrogen-bond acceptors (Lipinski definition) is 3. The van der Waals surface area contributed by atoms with Gasteiger partial charge in [-0.25, -0.2) is 0 Å². The third-order valence-corrected chi connectivity index (χ3v) is 15.3. The Morgan fingerprint density at radius 1 is 0.290 bits per heavy atom. The average Bonchev–Trinajstić information content (AvgIpc) is 3.75. The van der Waals surface area contributed by atoms with Gasteiger partial charge in [-0.1, -0.05) is 194 Å². The Morgan fingerprint density at radius 2 is 0.783 bits per heavy atom. The summed E-state index contributed by atoms with van der Waals surface area (Å²) in [5.41, 5.74) is 11.4. The number of hydrogen-bond donors (Lipinski definition) is 0. The van der Waals surface area contributed by atoms with Crippen molar-refractivity contribution in [1.82, 2.24) is 0 Å². The highest BCUT2D eigenvalue weighted by molar-refractivity contribution is 7.26. The first kappa shape index (κ1) is 39.4. The van der Waals surface area contributed by atoms with Crippen molar-refractivity contribution in [2.45, 2.75) is 0 Å². The van der Waals surface area contributed by atoms with Gasteiger partial charge in [0, 0.05) is 48.4 Å². The first-order valence-corrected chi connectivity index (χ1v) is 24.5. The van der Waals surface area contributed by atoms with Crippen LogP contribution >= 0.6 is 11.3 Å². The third kappa shape index (κ3) is 6.18. The third-order valence-electron chi connectivity index (χ3n) is 14.2. The second-order valence-electron chi connectivity index (χ2n) is 17.9. The molecule has 0 bridgehead atoms. The van der Waals surface area contributed by atoms with Gasteiger partial charge in [-0.05, 0) is 126 Å². The van der Waals surface area contributed by atoms with Crippen LogP contribution in [0.2, 0.25) is 0 Å². The summed E-state index contributed by atoms with van der Waals surface area (Å²) < 4.78 is 2.59. The largest absolute Gasteiger partial charge is 0.308 e. The number of anilines is 6.